The minimum atomic E-state index is 0.153. The van der Waals surface area contributed by atoms with Gasteiger partial charge in [0.25, 0.3) is 0 Å². The molecule has 1 aliphatic heterocycles. The van der Waals surface area contributed by atoms with Crippen molar-refractivity contribution in [2.45, 2.75) is 39.7 Å². The van der Waals surface area contributed by atoms with Crippen molar-refractivity contribution in [1.29, 1.82) is 0 Å². The predicted octanol–water partition coefficient (Wildman–Crippen LogP) is 2.26. The van der Waals surface area contributed by atoms with Gasteiger partial charge in [0.1, 0.15) is 12.4 Å². The Morgan fingerprint density at radius 3 is 2.95 bits per heavy atom. The van der Waals surface area contributed by atoms with Gasteiger partial charge in [-0.25, -0.2) is 0 Å². The minimum absolute atomic E-state index is 0.153. The highest BCUT2D eigenvalue weighted by Crippen LogP contribution is 2.24. The zero-order valence-corrected chi connectivity index (χ0v) is 12.3. The Morgan fingerprint density at radius 1 is 1.50 bits per heavy atom. The fraction of sp³-hybridized carbons (Fsp3) is 0.571. The summed E-state index contributed by atoms with van der Waals surface area (Å²) in [5.74, 6) is 1.38. The molecular formula is C14H22N4O2. The lowest BCUT2D eigenvalue weighted by atomic mass is 10.2. The van der Waals surface area contributed by atoms with Crippen molar-refractivity contribution < 1.29 is 9.47 Å². The largest absolute Gasteiger partial charge is 0.475 e. The van der Waals surface area contributed by atoms with E-state index in [0.29, 0.717) is 18.3 Å². The summed E-state index contributed by atoms with van der Waals surface area (Å²) in [5.41, 5.74) is 7.71. The van der Waals surface area contributed by atoms with Crippen LogP contribution >= 0.6 is 0 Å². The molecule has 1 fully saturated rings. The van der Waals surface area contributed by atoms with Crippen molar-refractivity contribution in [2.24, 2.45) is 0 Å². The molecule has 20 heavy (non-hydrogen) atoms. The molecule has 0 aromatic carbocycles. The molecule has 1 atom stereocenters. The number of rotatable bonds is 5. The first-order chi connectivity index (χ1) is 9.56. The second-order valence-electron chi connectivity index (χ2n) is 5.17. The molecule has 6 nitrogen and oxygen atoms in total. The second kappa shape index (κ2) is 6.56. The first kappa shape index (κ1) is 14.6. The molecule has 0 radical (unpaired) electrons. The van der Waals surface area contributed by atoms with E-state index < -0.39 is 0 Å². The van der Waals surface area contributed by atoms with Crippen LogP contribution in [-0.2, 0) is 4.74 Å². The molecule has 1 aliphatic rings. The zero-order valence-electron chi connectivity index (χ0n) is 12.3. The molecule has 0 amide bonds. The third-order valence-corrected chi connectivity index (χ3v) is 3.05. The Kier molecular flexibility index (Phi) is 4.79. The molecule has 0 spiro atoms. The van der Waals surface area contributed by atoms with Gasteiger partial charge in [0, 0.05) is 12.8 Å². The van der Waals surface area contributed by atoms with Crippen molar-refractivity contribution in [1.82, 2.24) is 9.97 Å². The lowest BCUT2D eigenvalue weighted by molar-refractivity contribution is 0.0661. The fourth-order valence-electron chi connectivity index (χ4n) is 1.95. The molecule has 1 saturated heterocycles. The van der Waals surface area contributed by atoms with E-state index >= 15 is 0 Å². The number of anilines is 2. The van der Waals surface area contributed by atoms with E-state index in [1.165, 1.54) is 0 Å². The van der Waals surface area contributed by atoms with Gasteiger partial charge in [-0.3, -0.25) is 0 Å². The predicted molar refractivity (Wildman–Crippen MR) is 78.7 cm³/mol. The molecule has 110 valence electrons. The van der Waals surface area contributed by atoms with E-state index in [9.17, 15) is 0 Å². The standard InChI is InChI=1S/C14H22N4O2/c1-9(2)7-16-12-10(3)13(18-14(15)17-12)20-8-11-5-4-6-19-11/h7,11H,4-6,8H2,1-3H3,(H3,15,16,17,18). The quantitative estimate of drug-likeness (QED) is 0.859. The molecule has 0 saturated carbocycles. The number of nitrogens with one attached hydrogen (secondary N) is 1. The van der Waals surface area contributed by atoms with Gasteiger partial charge in [-0.15, -0.1) is 0 Å². The second-order valence-corrected chi connectivity index (χ2v) is 5.17. The summed E-state index contributed by atoms with van der Waals surface area (Å²) in [6.07, 6.45) is 4.15. The van der Waals surface area contributed by atoms with Crippen molar-refractivity contribution in [3.8, 4) is 5.88 Å². The molecule has 0 aliphatic carbocycles. The summed E-state index contributed by atoms with van der Waals surface area (Å²) in [6, 6.07) is 0. The summed E-state index contributed by atoms with van der Waals surface area (Å²) in [6.45, 7) is 7.22. The summed E-state index contributed by atoms with van der Waals surface area (Å²) in [4.78, 5) is 8.33. The van der Waals surface area contributed by atoms with Crippen LogP contribution in [0.5, 0.6) is 5.88 Å². The maximum absolute atomic E-state index is 5.73. The Balaban J connectivity index is 2.09. The van der Waals surface area contributed by atoms with Crippen molar-refractivity contribution in [3.05, 3.63) is 17.3 Å². The normalized spacial score (nSPS) is 17.9. The topological polar surface area (TPSA) is 82.3 Å². The number of aromatic nitrogens is 2. The van der Waals surface area contributed by atoms with E-state index in [-0.39, 0.29) is 12.1 Å². The van der Waals surface area contributed by atoms with Gasteiger partial charge < -0.3 is 20.5 Å². The maximum atomic E-state index is 5.73. The van der Waals surface area contributed by atoms with E-state index in [0.717, 1.165) is 30.6 Å². The van der Waals surface area contributed by atoms with Gasteiger partial charge in [0.05, 0.1) is 11.7 Å². The molecular weight excluding hydrogens is 256 g/mol. The van der Waals surface area contributed by atoms with Crippen molar-refractivity contribution in [3.63, 3.8) is 0 Å². The number of allylic oxidation sites excluding steroid dienone is 1. The lowest BCUT2D eigenvalue weighted by Gasteiger charge is -2.14. The molecule has 1 aromatic rings. The SMILES string of the molecule is CC(C)=CNc1nc(N)nc(OCC2CCCO2)c1C. The molecule has 1 unspecified atom stereocenters. The highest BCUT2D eigenvalue weighted by Gasteiger charge is 2.18. The van der Waals surface area contributed by atoms with E-state index in [1.807, 2.05) is 27.0 Å². The van der Waals surface area contributed by atoms with Gasteiger partial charge in [-0.1, -0.05) is 5.57 Å². The monoisotopic (exact) mass is 278 g/mol. The Labute approximate surface area is 119 Å². The van der Waals surface area contributed by atoms with Crippen LogP contribution in [0, 0.1) is 6.92 Å². The van der Waals surface area contributed by atoms with Gasteiger partial charge >= 0.3 is 0 Å². The zero-order chi connectivity index (χ0) is 14.5. The first-order valence-electron chi connectivity index (χ1n) is 6.84. The number of ether oxygens (including phenoxy) is 2. The molecule has 6 heteroatoms. The Morgan fingerprint density at radius 2 is 2.30 bits per heavy atom. The van der Waals surface area contributed by atoms with Crippen LogP contribution in [0.4, 0.5) is 11.8 Å². The van der Waals surface area contributed by atoms with Crippen LogP contribution in [0.15, 0.2) is 11.8 Å². The van der Waals surface area contributed by atoms with Crippen LogP contribution in [0.3, 0.4) is 0 Å². The Hall–Kier alpha value is -1.82. The highest BCUT2D eigenvalue weighted by molar-refractivity contribution is 5.53. The fourth-order valence-corrected chi connectivity index (χ4v) is 1.95. The molecule has 2 heterocycles. The molecule has 1 aromatic heterocycles. The van der Waals surface area contributed by atoms with Gasteiger partial charge in [-0.2, -0.15) is 9.97 Å². The number of hydrogen-bond donors (Lipinski definition) is 2. The smallest absolute Gasteiger partial charge is 0.225 e. The van der Waals surface area contributed by atoms with E-state index in [4.69, 9.17) is 15.2 Å². The van der Waals surface area contributed by atoms with Crippen LogP contribution in [-0.4, -0.2) is 29.3 Å². The highest BCUT2D eigenvalue weighted by atomic mass is 16.5. The van der Waals surface area contributed by atoms with Crippen LogP contribution < -0.4 is 15.8 Å². The van der Waals surface area contributed by atoms with Gasteiger partial charge in [-0.05, 0) is 33.6 Å². The summed E-state index contributed by atoms with van der Waals surface area (Å²) >= 11 is 0. The third-order valence-electron chi connectivity index (χ3n) is 3.05. The minimum Gasteiger partial charge on any atom is -0.475 e. The van der Waals surface area contributed by atoms with Gasteiger partial charge in [0.2, 0.25) is 11.8 Å². The molecule has 2 rings (SSSR count). The maximum Gasteiger partial charge on any atom is 0.225 e. The van der Waals surface area contributed by atoms with Crippen LogP contribution in [0.25, 0.3) is 0 Å². The number of hydrogen-bond acceptors (Lipinski definition) is 6. The lowest BCUT2D eigenvalue weighted by Crippen LogP contribution is -2.18. The average Bonchev–Trinajstić information content (AvgIpc) is 2.90. The molecule has 3 N–H and O–H groups in total. The van der Waals surface area contributed by atoms with E-state index in [2.05, 4.69) is 15.3 Å². The summed E-state index contributed by atoms with van der Waals surface area (Å²) in [7, 11) is 0. The third kappa shape index (κ3) is 3.84. The molecule has 0 bridgehead atoms. The summed E-state index contributed by atoms with van der Waals surface area (Å²) < 4.78 is 11.3. The number of nitrogens with two attached hydrogens (primary N) is 1. The average molecular weight is 278 g/mol. The number of nitrogen functional groups attached to an aromatic ring is 1. The van der Waals surface area contributed by atoms with Crippen LogP contribution in [0.1, 0.15) is 32.3 Å². The van der Waals surface area contributed by atoms with E-state index in [1.54, 1.807) is 0 Å². The number of nitrogens with zero attached hydrogens (tertiary/aromatic N) is 2. The Bertz CT molecular complexity index is 492. The van der Waals surface area contributed by atoms with Crippen molar-refractivity contribution >= 4 is 11.8 Å². The van der Waals surface area contributed by atoms with Crippen LogP contribution in [0.2, 0.25) is 0 Å². The summed E-state index contributed by atoms with van der Waals surface area (Å²) in [5, 5.41) is 3.12. The first-order valence-corrected chi connectivity index (χ1v) is 6.84. The van der Waals surface area contributed by atoms with Gasteiger partial charge in [0.15, 0.2) is 0 Å². The van der Waals surface area contributed by atoms with Crippen molar-refractivity contribution in [2.75, 3.05) is 24.3 Å².